The molecule has 0 N–H and O–H groups in total. The zero-order chi connectivity index (χ0) is 20.5. The highest BCUT2D eigenvalue weighted by molar-refractivity contribution is 5.89. The molecule has 1 aliphatic heterocycles. The molecule has 1 unspecified atom stereocenters. The Kier molecular flexibility index (Phi) is 4.99. The molecule has 1 amide bonds. The summed E-state index contributed by atoms with van der Waals surface area (Å²) in [5.74, 6) is 2.28. The summed E-state index contributed by atoms with van der Waals surface area (Å²) in [7, 11) is 0. The third-order valence-electron chi connectivity index (χ3n) is 5.98. The number of carbonyl (C=O) groups excluding carboxylic acids is 1. The van der Waals surface area contributed by atoms with Crippen molar-refractivity contribution in [2.45, 2.75) is 31.8 Å². The van der Waals surface area contributed by atoms with Gasteiger partial charge in [0.25, 0.3) is 5.91 Å². The summed E-state index contributed by atoms with van der Waals surface area (Å²) in [6.45, 7) is 4.66. The molecule has 154 valence electrons. The number of rotatable bonds is 5. The Morgan fingerprint density at radius 2 is 1.73 bits per heavy atom. The van der Waals surface area contributed by atoms with Crippen LogP contribution in [0.2, 0.25) is 0 Å². The molecule has 0 bridgehead atoms. The van der Waals surface area contributed by atoms with Gasteiger partial charge < -0.3 is 14.5 Å². The molecule has 6 heteroatoms. The number of nitrogens with zero attached hydrogens (tertiary/aromatic N) is 4. The van der Waals surface area contributed by atoms with Gasteiger partial charge in [-0.2, -0.15) is 5.10 Å². The second-order valence-electron chi connectivity index (χ2n) is 8.14. The lowest BCUT2D eigenvalue weighted by Crippen LogP contribution is -2.52. The fourth-order valence-corrected chi connectivity index (χ4v) is 4.05. The molecule has 3 aromatic rings. The first-order chi connectivity index (χ1) is 14.7. The number of anilines is 1. The fourth-order valence-electron chi connectivity index (χ4n) is 4.05. The van der Waals surface area contributed by atoms with Gasteiger partial charge in [0.1, 0.15) is 5.75 Å². The molecule has 1 saturated carbocycles. The molecule has 2 aliphatic rings. The van der Waals surface area contributed by atoms with Gasteiger partial charge in [-0.3, -0.25) is 4.79 Å². The summed E-state index contributed by atoms with van der Waals surface area (Å²) in [4.78, 5) is 17.0. The molecule has 1 saturated heterocycles. The minimum atomic E-state index is -0.528. The Balaban J connectivity index is 1.19. The second kappa shape index (κ2) is 7.94. The Labute approximate surface area is 176 Å². The fraction of sp³-hybridized carbons (Fsp3) is 0.375. The Bertz CT molecular complexity index is 1040. The molecule has 6 nitrogen and oxygen atoms in total. The number of ether oxygens (including phenoxy) is 1. The summed E-state index contributed by atoms with van der Waals surface area (Å²) in [6, 6.07) is 18.2. The van der Waals surface area contributed by atoms with Gasteiger partial charge in [0.05, 0.1) is 5.69 Å². The number of benzene rings is 2. The highest BCUT2D eigenvalue weighted by atomic mass is 16.5. The van der Waals surface area contributed by atoms with Gasteiger partial charge in [-0.25, -0.2) is 0 Å². The molecular weight excluding hydrogens is 376 g/mol. The molecule has 5 rings (SSSR count). The van der Waals surface area contributed by atoms with Crippen LogP contribution in [0.25, 0.3) is 10.8 Å². The average Bonchev–Trinajstić information content (AvgIpc) is 3.65. The van der Waals surface area contributed by atoms with Gasteiger partial charge in [-0.1, -0.05) is 36.4 Å². The zero-order valence-corrected chi connectivity index (χ0v) is 17.2. The number of carbonyl (C=O) groups is 1. The lowest BCUT2D eigenvalue weighted by Gasteiger charge is -2.36. The monoisotopic (exact) mass is 402 g/mol. The van der Waals surface area contributed by atoms with E-state index in [-0.39, 0.29) is 5.91 Å². The minimum absolute atomic E-state index is 0.0257. The third-order valence-corrected chi connectivity index (χ3v) is 5.98. The van der Waals surface area contributed by atoms with E-state index in [1.807, 2.05) is 54.3 Å². The maximum atomic E-state index is 13.0. The lowest BCUT2D eigenvalue weighted by molar-refractivity contribution is -0.138. The average molecular weight is 402 g/mol. The highest BCUT2D eigenvalue weighted by Gasteiger charge is 2.28. The van der Waals surface area contributed by atoms with Crippen LogP contribution in [0.4, 0.5) is 5.82 Å². The van der Waals surface area contributed by atoms with Crippen LogP contribution in [0.15, 0.2) is 54.6 Å². The van der Waals surface area contributed by atoms with Crippen LogP contribution < -0.4 is 9.64 Å². The first-order valence-corrected chi connectivity index (χ1v) is 10.7. The van der Waals surface area contributed by atoms with Gasteiger partial charge in [0.2, 0.25) is 0 Å². The summed E-state index contributed by atoms with van der Waals surface area (Å²) >= 11 is 0. The lowest BCUT2D eigenvalue weighted by atomic mass is 10.1. The van der Waals surface area contributed by atoms with Crippen molar-refractivity contribution in [3.05, 3.63) is 60.3 Å². The van der Waals surface area contributed by atoms with Crippen LogP contribution in [0, 0.1) is 0 Å². The van der Waals surface area contributed by atoms with Crippen molar-refractivity contribution < 1.29 is 9.53 Å². The molecule has 1 aliphatic carbocycles. The van der Waals surface area contributed by atoms with E-state index in [9.17, 15) is 4.79 Å². The van der Waals surface area contributed by atoms with Gasteiger partial charge in [-0.15, -0.1) is 5.10 Å². The summed E-state index contributed by atoms with van der Waals surface area (Å²) < 4.78 is 6.07. The highest BCUT2D eigenvalue weighted by Crippen LogP contribution is 2.38. The largest absolute Gasteiger partial charge is 0.480 e. The SMILES string of the molecule is CC(Oc1cccc2ccccc12)C(=O)N1CCN(c2ccc(C3CC3)nn2)CC1. The summed E-state index contributed by atoms with van der Waals surface area (Å²) in [5, 5.41) is 10.9. The Morgan fingerprint density at radius 3 is 2.47 bits per heavy atom. The second-order valence-corrected chi connectivity index (χ2v) is 8.14. The van der Waals surface area contributed by atoms with Gasteiger partial charge >= 0.3 is 0 Å². The molecule has 2 aromatic carbocycles. The Morgan fingerprint density at radius 1 is 0.967 bits per heavy atom. The van der Waals surface area contributed by atoms with Crippen LogP contribution in [0.5, 0.6) is 5.75 Å². The quantitative estimate of drug-likeness (QED) is 0.652. The predicted octanol–water partition coefficient (Wildman–Crippen LogP) is 3.62. The van der Waals surface area contributed by atoms with E-state index in [2.05, 4.69) is 27.2 Å². The van der Waals surface area contributed by atoms with E-state index in [4.69, 9.17) is 4.74 Å². The van der Waals surface area contributed by atoms with Gasteiger partial charge in [0.15, 0.2) is 11.9 Å². The Hall–Kier alpha value is -3.15. The van der Waals surface area contributed by atoms with Crippen molar-refractivity contribution in [1.82, 2.24) is 15.1 Å². The maximum Gasteiger partial charge on any atom is 0.263 e. The van der Waals surface area contributed by atoms with E-state index in [1.165, 1.54) is 12.8 Å². The van der Waals surface area contributed by atoms with Gasteiger partial charge in [-0.05, 0) is 43.4 Å². The van der Waals surface area contributed by atoms with E-state index in [0.29, 0.717) is 19.0 Å². The molecule has 0 radical (unpaired) electrons. The van der Waals surface area contributed by atoms with E-state index >= 15 is 0 Å². The van der Waals surface area contributed by atoms with Gasteiger partial charge in [0, 0.05) is 37.5 Å². The van der Waals surface area contributed by atoms with Crippen LogP contribution in [-0.2, 0) is 4.79 Å². The summed E-state index contributed by atoms with van der Waals surface area (Å²) in [5.41, 5.74) is 1.10. The first-order valence-electron chi connectivity index (χ1n) is 10.7. The molecular formula is C24H26N4O2. The van der Waals surface area contributed by atoms with Crippen molar-refractivity contribution in [3.63, 3.8) is 0 Å². The minimum Gasteiger partial charge on any atom is -0.480 e. The molecule has 0 spiro atoms. The number of amides is 1. The smallest absolute Gasteiger partial charge is 0.263 e. The van der Waals surface area contributed by atoms with Crippen LogP contribution in [0.3, 0.4) is 0 Å². The van der Waals surface area contributed by atoms with Crippen molar-refractivity contribution in [2.75, 3.05) is 31.1 Å². The zero-order valence-electron chi connectivity index (χ0n) is 17.2. The topological polar surface area (TPSA) is 58.6 Å². The van der Waals surface area contributed by atoms with Crippen LogP contribution in [0.1, 0.15) is 31.4 Å². The predicted molar refractivity (Wildman–Crippen MR) is 117 cm³/mol. The first kappa shape index (κ1) is 18.9. The van der Waals surface area contributed by atoms with E-state index in [0.717, 1.165) is 41.1 Å². The molecule has 2 heterocycles. The number of hydrogen-bond donors (Lipinski definition) is 0. The molecule has 2 fully saturated rings. The number of aromatic nitrogens is 2. The molecule has 1 aromatic heterocycles. The maximum absolute atomic E-state index is 13.0. The van der Waals surface area contributed by atoms with Crippen molar-refractivity contribution in [3.8, 4) is 5.75 Å². The third kappa shape index (κ3) is 3.82. The summed E-state index contributed by atoms with van der Waals surface area (Å²) in [6.07, 6.45) is 1.93. The van der Waals surface area contributed by atoms with Crippen molar-refractivity contribution in [1.29, 1.82) is 0 Å². The molecule has 1 atom stereocenters. The van der Waals surface area contributed by atoms with E-state index in [1.54, 1.807) is 0 Å². The number of piperazine rings is 1. The standard InChI is InChI=1S/C24H26N4O2/c1-17(30-22-8-4-6-18-5-2-3-7-20(18)22)24(29)28-15-13-27(14-16-28)23-12-11-21(25-26-23)19-9-10-19/h2-8,11-12,17,19H,9-10,13-16H2,1H3. The normalized spacial score (nSPS) is 17.8. The van der Waals surface area contributed by atoms with Crippen molar-refractivity contribution in [2.24, 2.45) is 0 Å². The van der Waals surface area contributed by atoms with Crippen molar-refractivity contribution >= 4 is 22.5 Å². The number of fused-ring (bicyclic) bond motifs is 1. The van der Waals surface area contributed by atoms with Crippen LogP contribution >= 0.6 is 0 Å². The number of hydrogen-bond acceptors (Lipinski definition) is 5. The van der Waals surface area contributed by atoms with E-state index < -0.39 is 6.10 Å². The van der Waals surface area contributed by atoms with Crippen LogP contribution in [-0.4, -0.2) is 53.3 Å². The molecule has 30 heavy (non-hydrogen) atoms.